The van der Waals surface area contributed by atoms with E-state index in [2.05, 4.69) is 0 Å². The first-order valence-electron chi connectivity index (χ1n) is 13.4. The molecule has 0 unspecified atom stereocenters. The molecule has 0 spiro atoms. The standard InChI is InChI=1S/C32H30Cl4O5/c1-20-6-5-9-24(37)8-4-2-3-7-23-16-25(39-18-21-10-12-26(33)28(35)14-21)17-30(31(23)32(38)41-20)40-19-22-11-13-27(34)29(36)15-22/h3,7,10-17,20H,2,4-6,8-9,18-19H2,1H3/b7-3+/t20-/m0/s1. The monoisotopic (exact) mass is 634 g/mol. The smallest absolute Gasteiger partial charge is 0.342 e. The second kappa shape index (κ2) is 15.0. The minimum absolute atomic E-state index is 0.133. The molecular weight excluding hydrogens is 606 g/mol. The maximum absolute atomic E-state index is 13.5. The number of esters is 1. The number of hydrogen-bond acceptors (Lipinski definition) is 5. The van der Waals surface area contributed by atoms with Crippen LogP contribution in [0.4, 0.5) is 0 Å². The summed E-state index contributed by atoms with van der Waals surface area (Å²) in [4.78, 5) is 25.7. The van der Waals surface area contributed by atoms with Gasteiger partial charge >= 0.3 is 5.97 Å². The van der Waals surface area contributed by atoms with Crippen LogP contribution in [-0.2, 0) is 22.7 Å². The van der Waals surface area contributed by atoms with Crippen molar-refractivity contribution in [3.05, 3.63) is 97.0 Å². The zero-order valence-electron chi connectivity index (χ0n) is 22.6. The Kier molecular flexibility index (Phi) is 11.4. The first-order valence-corrected chi connectivity index (χ1v) is 14.9. The molecular formula is C32H30Cl4O5. The summed E-state index contributed by atoms with van der Waals surface area (Å²) in [5, 5.41) is 1.73. The summed E-state index contributed by atoms with van der Waals surface area (Å²) in [5.74, 6) is 0.508. The van der Waals surface area contributed by atoms with E-state index in [1.165, 1.54) is 0 Å². The molecule has 41 heavy (non-hydrogen) atoms. The van der Waals surface area contributed by atoms with Crippen LogP contribution in [0, 0.1) is 0 Å². The van der Waals surface area contributed by atoms with Gasteiger partial charge in [0.2, 0.25) is 0 Å². The molecule has 0 saturated carbocycles. The van der Waals surface area contributed by atoms with Crippen molar-refractivity contribution in [2.45, 2.75) is 64.8 Å². The zero-order valence-corrected chi connectivity index (χ0v) is 25.6. The van der Waals surface area contributed by atoms with E-state index in [-0.39, 0.29) is 25.1 Å². The molecule has 0 aromatic heterocycles. The molecule has 5 nitrogen and oxygen atoms in total. The van der Waals surface area contributed by atoms with Gasteiger partial charge in [-0.3, -0.25) is 4.79 Å². The Morgan fingerprint density at radius 3 is 2.10 bits per heavy atom. The van der Waals surface area contributed by atoms with Gasteiger partial charge in [0.15, 0.2) is 0 Å². The van der Waals surface area contributed by atoms with Gasteiger partial charge in [-0.1, -0.05) is 70.7 Å². The van der Waals surface area contributed by atoms with Crippen LogP contribution in [-0.4, -0.2) is 17.9 Å². The summed E-state index contributed by atoms with van der Waals surface area (Å²) in [6.07, 6.45) is 7.10. The van der Waals surface area contributed by atoms with Crippen molar-refractivity contribution < 1.29 is 23.8 Å². The zero-order chi connectivity index (χ0) is 29.4. The molecule has 0 aliphatic carbocycles. The first kappa shape index (κ1) is 31.2. The lowest BCUT2D eigenvalue weighted by atomic mass is 10.0. The molecule has 0 bridgehead atoms. The van der Waals surface area contributed by atoms with Crippen LogP contribution in [0.2, 0.25) is 20.1 Å². The molecule has 1 heterocycles. The number of halogens is 4. The number of cyclic esters (lactones) is 1. The molecule has 9 heteroatoms. The Balaban J connectivity index is 1.69. The van der Waals surface area contributed by atoms with Crippen molar-refractivity contribution in [2.75, 3.05) is 0 Å². The summed E-state index contributed by atoms with van der Waals surface area (Å²) in [6, 6.07) is 13.9. The summed E-state index contributed by atoms with van der Waals surface area (Å²) >= 11 is 24.5. The minimum Gasteiger partial charge on any atom is -0.489 e. The van der Waals surface area contributed by atoms with Gasteiger partial charge in [-0.15, -0.1) is 0 Å². The molecule has 0 radical (unpaired) electrons. The molecule has 4 rings (SSSR count). The Morgan fingerprint density at radius 1 is 0.805 bits per heavy atom. The van der Waals surface area contributed by atoms with Crippen LogP contribution in [0.15, 0.2) is 54.6 Å². The van der Waals surface area contributed by atoms with Gasteiger partial charge in [0.05, 0.1) is 26.2 Å². The first-order chi connectivity index (χ1) is 19.7. The van der Waals surface area contributed by atoms with Crippen molar-refractivity contribution in [1.29, 1.82) is 0 Å². The fourth-order valence-electron chi connectivity index (χ4n) is 4.38. The van der Waals surface area contributed by atoms with Gasteiger partial charge in [0, 0.05) is 18.9 Å². The van der Waals surface area contributed by atoms with E-state index < -0.39 is 5.97 Å². The molecule has 0 saturated heterocycles. The Bertz CT molecular complexity index is 1440. The Morgan fingerprint density at radius 2 is 1.44 bits per heavy atom. The third kappa shape index (κ3) is 9.14. The number of benzene rings is 3. The number of Topliss-reactive ketones (excluding diaryl/α,β-unsaturated/α-hetero) is 1. The van der Waals surface area contributed by atoms with Crippen LogP contribution < -0.4 is 9.47 Å². The molecule has 1 aliphatic heterocycles. The number of hydrogen-bond donors (Lipinski definition) is 0. The van der Waals surface area contributed by atoms with Crippen LogP contribution in [0.5, 0.6) is 11.5 Å². The van der Waals surface area contributed by atoms with E-state index in [9.17, 15) is 9.59 Å². The molecule has 0 N–H and O–H groups in total. The number of fused-ring (bicyclic) bond motifs is 1. The lowest BCUT2D eigenvalue weighted by Crippen LogP contribution is -2.18. The average molecular weight is 636 g/mol. The summed E-state index contributed by atoms with van der Waals surface area (Å²) in [7, 11) is 0. The van der Waals surface area contributed by atoms with Crippen molar-refractivity contribution in [1.82, 2.24) is 0 Å². The van der Waals surface area contributed by atoms with E-state index in [1.54, 1.807) is 42.5 Å². The lowest BCUT2D eigenvalue weighted by Gasteiger charge is -2.19. The molecule has 3 aromatic rings. The maximum atomic E-state index is 13.5. The SMILES string of the molecule is C[C@H]1CCCC(=O)CCC/C=C/c2cc(OCc3ccc(Cl)c(Cl)c3)cc(OCc3ccc(Cl)c(Cl)c3)c2C(=O)O1. The Hall–Kier alpha value is -2.70. The van der Waals surface area contributed by atoms with Crippen LogP contribution in [0.1, 0.15) is 72.5 Å². The van der Waals surface area contributed by atoms with Gasteiger partial charge in [-0.2, -0.15) is 0 Å². The number of carbonyl (C=O) groups excluding carboxylic acids is 2. The second-order valence-corrected chi connectivity index (χ2v) is 11.5. The highest BCUT2D eigenvalue weighted by atomic mass is 35.5. The largest absolute Gasteiger partial charge is 0.489 e. The summed E-state index contributed by atoms with van der Waals surface area (Å²) in [6.45, 7) is 2.18. The Labute approximate surface area is 260 Å². The third-order valence-electron chi connectivity index (χ3n) is 6.58. The fourth-order valence-corrected chi connectivity index (χ4v) is 5.03. The molecule has 1 aliphatic rings. The predicted molar refractivity (Wildman–Crippen MR) is 165 cm³/mol. The topological polar surface area (TPSA) is 61.8 Å². The lowest BCUT2D eigenvalue weighted by molar-refractivity contribution is -0.119. The predicted octanol–water partition coefficient (Wildman–Crippen LogP) is 9.94. The van der Waals surface area contributed by atoms with Crippen LogP contribution in [0.25, 0.3) is 6.08 Å². The number of ketones is 1. The number of allylic oxidation sites excluding steroid dienone is 1. The maximum Gasteiger partial charge on any atom is 0.342 e. The van der Waals surface area contributed by atoms with Gasteiger partial charge in [-0.25, -0.2) is 4.79 Å². The van der Waals surface area contributed by atoms with E-state index in [0.29, 0.717) is 74.8 Å². The molecule has 1 atom stereocenters. The van der Waals surface area contributed by atoms with E-state index >= 15 is 0 Å². The van der Waals surface area contributed by atoms with E-state index in [1.807, 2.05) is 25.1 Å². The van der Waals surface area contributed by atoms with Crippen LogP contribution >= 0.6 is 46.4 Å². The van der Waals surface area contributed by atoms with E-state index in [4.69, 9.17) is 60.6 Å². The average Bonchev–Trinajstić information content (AvgIpc) is 2.93. The van der Waals surface area contributed by atoms with Gasteiger partial charge in [0.1, 0.15) is 36.1 Å². The number of rotatable bonds is 6. The van der Waals surface area contributed by atoms with Gasteiger partial charge < -0.3 is 14.2 Å². The third-order valence-corrected chi connectivity index (χ3v) is 8.05. The van der Waals surface area contributed by atoms with Gasteiger partial charge in [0.25, 0.3) is 0 Å². The fraction of sp³-hybridized carbons (Fsp3) is 0.312. The van der Waals surface area contributed by atoms with Crippen LogP contribution in [0.3, 0.4) is 0 Å². The highest BCUT2D eigenvalue weighted by Crippen LogP contribution is 2.34. The second-order valence-electron chi connectivity index (χ2n) is 9.90. The van der Waals surface area contributed by atoms with Gasteiger partial charge in [-0.05, 0) is 79.6 Å². The molecule has 0 fully saturated rings. The highest BCUT2D eigenvalue weighted by Gasteiger charge is 2.23. The van der Waals surface area contributed by atoms with Crippen molar-refractivity contribution in [2.24, 2.45) is 0 Å². The molecule has 3 aromatic carbocycles. The highest BCUT2D eigenvalue weighted by molar-refractivity contribution is 6.42. The number of carbonyl (C=O) groups is 2. The van der Waals surface area contributed by atoms with Crippen molar-refractivity contribution in [3.8, 4) is 11.5 Å². The number of ether oxygens (including phenoxy) is 3. The quantitative estimate of drug-likeness (QED) is 0.252. The normalized spacial score (nSPS) is 17.2. The summed E-state index contributed by atoms with van der Waals surface area (Å²) in [5.41, 5.74) is 2.48. The minimum atomic E-state index is -0.513. The van der Waals surface area contributed by atoms with Crippen molar-refractivity contribution >= 4 is 64.2 Å². The molecule has 216 valence electrons. The van der Waals surface area contributed by atoms with Crippen molar-refractivity contribution in [3.63, 3.8) is 0 Å². The van der Waals surface area contributed by atoms with E-state index in [0.717, 1.165) is 17.5 Å². The molecule has 0 amide bonds. The summed E-state index contributed by atoms with van der Waals surface area (Å²) < 4.78 is 18.1.